The summed E-state index contributed by atoms with van der Waals surface area (Å²) in [5.41, 5.74) is 11.9. The van der Waals surface area contributed by atoms with Crippen LogP contribution in [0, 0.1) is 16.7 Å². The topological polar surface area (TPSA) is 198 Å². The van der Waals surface area contributed by atoms with Crippen LogP contribution in [0.3, 0.4) is 0 Å². The quantitative estimate of drug-likeness (QED) is 0.186. The van der Waals surface area contributed by atoms with E-state index < -0.39 is 5.41 Å². The summed E-state index contributed by atoms with van der Waals surface area (Å²) in [6.45, 7) is 16.1. The van der Waals surface area contributed by atoms with Crippen LogP contribution in [0.5, 0.6) is 11.5 Å². The zero-order valence-corrected chi connectivity index (χ0v) is 40.7. The van der Waals surface area contributed by atoms with E-state index in [1.807, 2.05) is 18.7 Å². The molecule has 17 nitrogen and oxygen atoms in total. The molecule has 2 bridgehead atoms. The average Bonchev–Trinajstić information content (AvgIpc) is 4.02. The Bertz CT molecular complexity index is 2630. The predicted octanol–water partition coefficient (Wildman–Crippen LogP) is 5.28. The number of nitrogen functional groups attached to an aromatic ring is 1. The summed E-state index contributed by atoms with van der Waals surface area (Å²) in [5, 5.41) is 20.8. The normalized spacial score (nSPS) is 24.1. The van der Waals surface area contributed by atoms with Gasteiger partial charge in [-0.05, 0) is 91.5 Å². The third-order valence-electron chi connectivity index (χ3n) is 17.0. The van der Waals surface area contributed by atoms with Crippen LogP contribution in [0.4, 0.5) is 11.8 Å². The second kappa shape index (κ2) is 18.7. The lowest BCUT2D eigenvalue weighted by atomic mass is 9.52. The molecule has 4 aromatic rings. The molecule has 370 valence electrons. The Morgan fingerprint density at radius 2 is 1.37 bits per heavy atom. The lowest BCUT2D eigenvalue weighted by molar-refractivity contribution is -0.164. The number of fused-ring (bicyclic) bond motifs is 5. The van der Waals surface area contributed by atoms with E-state index >= 15 is 0 Å². The van der Waals surface area contributed by atoms with Crippen molar-refractivity contribution in [2.75, 3.05) is 82.8 Å². The highest BCUT2D eigenvalue weighted by Crippen LogP contribution is 2.59. The number of aromatic hydroxyl groups is 2. The zero-order valence-electron chi connectivity index (χ0n) is 40.7. The first kappa shape index (κ1) is 46.5. The first-order chi connectivity index (χ1) is 33.8. The smallest absolute Gasteiger partial charge is 0.258 e. The molecule has 3 amide bonds. The number of nitrogens with two attached hydrogens (primary N) is 1. The van der Waals surface area contributed by atoms with Crippen molar-refractivity contribution >= 4 is 29.5 Å². The second-order valence-electron chi connectivity index (χ2n) is 21.6. The van der Waals surface area contributed by atoms with E-state index in [0.717, 1.165) is 145 Å². The number of anilines is 2. The summed E-state index contributed by atoms with van der Waals surface area (Å²) in [4.78, 5) is 74.2. The Labute approximate surface area is 410 Å². The second-order valence-corrected chi connectivity index (χ2v) is 21.6. The highest BCUT2D eigenvalue weighted by molar-refractivity contribution is 5.97. The van der Waals surface area contributed by atoms with Gasteiger partial charge in [-0.1, -0.05) is 32.0 Å². The molecule has 3 saturated carbocycles. The third kappa shape index (κ3) is 8.82. The number of nitrogens with zero attached hydrogens (tertiary/aromatic N) is 10. The van der Waals surface area contributed by atoms with Gasteiger partial charge < -0.3 is 45.2 Å². The molecule has 5 aliphatic heterocycles. The summed E-state index contributed by atoms with van der Waals surface area (Å²) in [5.74, 6) is 2.26. The van der Waals surface area contributed by atoms with Crippen LogP contribution < -0.4 is 10.6 Å². The number of benzene rings is 2. The minimum atomic E-state index is -0.438. The summed E-state index contributed by atoms with van der Waals surface area (Å²) in [6, 6.07) is 9.46. The van der Waals surface area contributed by atoms with Gasteiger partial charge in [-0.25, -0.2) is 19.9 Å². The number of phenols is 2. The van der Waals surface area contributed by atoms with Crippen LogP contribution in [0.15, 0.2) is 42.7 Å². The van der Waals surface area contributed by atoms with Gasteiger partial charge in [-0.15, -0.1) is 0 Å². The van der Waals surface area contributed by atoms with Gasteiger partial charge in [-0.3, -0.25) is 19.3 Å². The lowest BCUT2D eigenvalue weighted by Crippen LogP contribution is -2.56. The molecule has 12 rings (SSSR count). The highest BCUT2D eigenvalue weighted by atomic mass is 16.5. The van der Waals surface area contributed by atoms with Crippen LogP contribution in [0.25, 0.3) is 11.4 Å². The number of rotatable bonds is 10. The number of hydrogen-bond acceptors (Lipinski definition) is 14. The molecule has 3 aliphatic carbocycles. The van der Waals surface area contributed by atoms with Gasteiger partial charge in [0.1, 0.15) is 17.3 Å². The van der Waals surface area contributed by atoms with E-state index in [1.165, 1.54) is 11.6 Å². The fraction of sp³-hybridized carbons (Fsp3) is 0.566. The van der Waals surface area contributed by atoms with Crippen molar-refractivity contribution in [3.8, 4) is 22.9 Å². The van der Waals surface area contributed by atoms with Crippen molar-refractivity contribution in [1.82, 2.24) is 44.4 Å². The highest BCUT2D eigenvalue weighted by Gasteiger charge is 2.57. The van der Waals surface area contributed by atoms with Crippen molar-refractivity contribution in [2.45, 2.75) is 104 Å². The predicted molar refractivity (Wildman–Crippen MR) is 262 cm³/mol. The first-order valence-electron chi connectivity index (χ1n) is 25.6. The molecule has 0 unspecified atom stereocenters. The van der Waals surface area contributed by atoms with Crippen LogP contribution in [-0.2, 0) is 47.0 Å². The number of piperidine rings is 1. The Morgan fingerprint density at radius 3 is 2.04 bits per heavy atom. The van der Waals surface area contributed by atoms with Gasteiger partial charge in [0.05, 0.1) is 43.1 Å². The standard InChI is InChI=1S/C53H67N11O6/c1-34(2)40-24-41(45(66)25-44(40)65)48(67)63-30-37-4-3-36(23-38(37)31-63)29-60-17-15-59(16-18-60)28-35-5-13-62(14-6-35)49(68)52-7-10-53(11-8-52,12-9-52)50(69)64-32-42-43(33-64)57-46(39-26-55-51(54)56-27-39)58-47(42)61-19-21-70-22-20-61/h3-4,23-27,34-35,65-66H,5-22,28-33H2,1-2H3,(H2,54,55,56). The van der Waals surface area contributed by atoms with Crippen LogP contribution in [0.2, 0.25) is 0 Å². The maximum Gasteiger partial charge on any atom is 0.258 e. The molecule has 70 heavy (non-hydrogen) atoms. The Balaban J connectivity index is 0.636. The SMILES string of the molecule is CC(C)c1cc(C(=O)N2Cc3ccc(CN4CCN(CC5CCN(C(=O)C67CCC(C(=O)N8Cc9nc(-c%10cnc(N)nc%10)nc(N%10CCOCC%10)c9C8)(CC6)CC7)CC5)CC4)cc3C2)c(O)cc1O. The lowest BCUT2D eigenvalue weighted by Gasteiger charge is -2.53. The number of piperazine rings is 1. The summed E-state index contributed by atoms with van der Waals surface area (Å²) in [6.07, 6.45) is 9.93. The number of likely N-dealkylation sites (tertiary alicyclic amines) is 1. The van der Waals surface area contributed by atoms with Crippen molar-refractivity contribution < 1.29 is 29.3 Å². The van der Waals surface area contributed by atoms with Gasteiger partial charge in [0.2, 0.25) is 17.8 Å². The fourth-order valence-electron chi connectivity index (χ4n) is 12.7. The number of carbonyl (C=O) groups is 3. The minimum absolute atomic E-state index is 0.00559. The Morgan fingerprint density at radius 1 is 0.729 bits per heavy atom. The number of phenolic OH excluding ortho intramolecular Hbond substituents is 2. The van der Waals surface area contributed by atoms with Gasteiger partial charge >= 0.3 is 0 Å². The van der Waals surface area contributed by atoms with Crippen LogP contribution >= 0.6 is 0 Å². The molecule has 2 aromatic carbocycles. The van der Waals surface area contributed by atoms with Gasteiger partial charge in [0.25, 0.3) is 5.91 Å². The first-order valence-corrected chi connectivity index (χ1v) is 25.6. The number of carbonyl (C=O) groups excluding carboxylic acids is 3. The molecule has 8 aliphatic rings. The van der Waals surface area contributed by atoms with E-state index in [-0.39, 0.29) is 46.2 Å². The van der Waals surface area contributed by atoms with Crippen LogP contribution in [-0.4, -0.2) is 144 Å². The van der Waals surface area contributed by atoms with E-state index in [2.05, 4.69) is 47.8 Å². The number of hydrogen-bond donors (Lipinski definition) is 3. The molecule has 7 heterocycles. The van der Waals surface area contributed by atoms with Crippen molar-refractivity contribution in [1.29, 1.82) is 0 Å². The van der Waals surface area contributed by atoms with Crippen molar-refractivity contribution in [2.24, 2.45) is 16.7 Å². The van der Waals surface area contributed by atoms with Crippen molar-refractivity contribution in [3.63, 3.8) is 0 Å². The van der Waals surface area contributed by atoms with E-state index in [1.54, 1.807) is 23.4 Å². The Hall–Kier alpha value is -5.91. The molecule has 2 aromatic heterocycles. The summed E-state index contributed by atoms with van der Waals surface area (Å²) >= 11 is 0. The zero-order chi connectivity index (χ0) is 48.3. The largest absolute Gasteiger partial charge is 0.508 e. The monoisotopic (exact) mass is 954 g/mol. The van der Waals surface area contributed by atoms with Gasteiger partial charge in [0.15, 0.2) is 5.82 Å². The molecule has 6 fully saturated rings. The van der Waals surface area contributed by atoms with Gasteiger partial charge in [-0.2, -0.15) is 0 Å². The number of morpholine rings is 1. The molecule has 0 atom stereocenters. The number of aromatic nitrogens is 4. The summed E-state index contributed by atoms with van der Waals surface area (Å²) in [7, 11) is 0. The number of amides is 3. The molecular formula is C53H67N11O6. The molecule has 0 spiro atoms. The molecule has 0 radical (unpaired) electrons. The fourth-order valence-corrected chi connectivity index (χ4v) is 12.7. The van der Waals surface area contributed by atoms with Crippen molar-refractivity contribution in [3.05, 3.63) is 81.8 Å². The maximum absolute atomic E-state index is 14.6. The van der Waals surface area contributed by atoms with Gasteiger partial charge in [0, 0.05) is 113 Å². The third-order valence-corrected chi connectivity index (χ3v) is 17.0. The van der Waals surface area contributed by atoms with Crippen LogP contribution in [0.1, 0.15) is 115 Å². The summed E-state index contributed by atoms with van der Waals surface area (Å²) < 4.78 is 5.66. The minimum Gasteiger partial charge on any atom is -0.508 e. The maximum atomic E-state index is 14.6. The Kier molecular flexibility index (Phi) is 12.4. The molecule has 4 N–H and O–H groups in total. The molecule has 17 heteroatoms. The molecular weight excluding hydrogens is 887 g/mol. The van der Waals surface area contributed by atoms with E-state index in [9.17, 15) is 24.6 Å². The average molecular weight is 954 g/mol. The van der Waals surface area contributed by atoms with E-state index in [0.29, 0.717) is 68.2 Å². The molecule has 3 saturated heterocycles. The number of ether oxygens (including phenoxy) is 1. The van der Waals surface area contributed by atoms with E-state index in [4.69, 9.17) is 20.4 Å².